The summed E-state index contributed by atoms with van der Waals surface area (Å²) in [4.78, 5) is 4.73. The molecule has 0 bridgehead atoms. The average molecular weight is 344 g/mol. The third kappa shape index (κ3) is 3.17. The summed E-state index contributed by atoms with van der Waals surface area (Å²) in [5, 5.41) is 3.29. The first-order valence-electron chi connectivity index (χ1n) is 6.46. The number of nitrogens with zero attached hydrogens (tertiary/aromatic N) is 1. The van der Waals surface area contributed by atoms with Gasteiger partial charge in [-0.1, -0.05) is 57.9 Å². The molecule has 1 heterocycles. The molecule has 100 valence electrons. The van der Waals surface area contributed by atoms with Crippen molar-refractivity contribution in [3.8, 4) is 11.3 Å². The van der Waals surface area contributed by atoms with Gasteiger partial charge in [0.1, 0.15) is 0 Å². The van der Waals surface area contributed by atoms with E-state index in [1.807, 2.05) is 12.1 Å². The summed E-state index contributed by atoms with van der Waals surface area (Å²) in [6.45, 7) is 2.11. The quantitative estimate of drug-likeness (QED) is 0.614. The number of hydrogen-bond acceptors (Lipinski definition) is 2. The van der Waals surface area contributed by atoms with Crippen molar-refractivity contribution < 1.29 is 0 Å². The Labute approximate surface area is 131 Å². The van der Waals surface area contributed by atoms with Crippen molar-refractivity contribution in [3.05, 3.63) is 74.5 Å². The van der Waals surface area contributed by atoms with Crippen LogP contribution in [-0.4, -0.2) is 4.98 Å². The van der Waals surface area contributed by atoms with Gasteiger partial charge in [0.2, 0.25) is 0 Å². The molecule has 2 aromatic carbocycles. The third-order valence-electron chi connectivity index (χ3n) is 3.17. The lowest BCUT2D eigenvalue weighted by molar-refractivity contribution is 1.14. The van der Waals surface area contributed by atoms with Crippen molar-refractivity contribution in [3.63, 3.8) is 0 Å². The fraction of sp³-hybridized carbons (Fsp3) is 0.118. The van der Waals surface area contributed by atoms with Crippen molar-refractivity contribution in [1.82, 2.24) is 4.98 Å². The highest BCUT2D eigenvalue weighted by atomic mass is 79.9. The van der Waals surface area contributed by atoms with E-state index in [2.05, 4.69) is 64.6 Å². The zero-order valence-electron chi connectivity index (χ0n) is 11.1. The van der Waals surface area contributed by atoms with E-state index in [-0.39, 0.29) is 0 Å². The maximum Gasteiger partial charge on any atom is 0.0976 e. The SMILES string of the molecule is Cc1ccc(Cc2nc(-c3ccc(Br)cc3)cs2)cc1. The van der Waals surface area contributed by atoms with Crippen LogP contribution in [0.4, 0.5) is 0 Å². The second-order valence-corrected chi connectivity index (χ2v) is 6.65. The normalized spacial score (nSPS) is 10.7. The van der Waals surface area contributed by atoms with Crippen LogP contribution in [0, 0.1) is 6.92 Å². The van der Waals surface area contributed by atoms with E-state index >= 15 is 0 Å². The molecule has 3 rings (SSSR count). The molecule has 0 unspecified atom stereocenters. The van der Waals surface area contributed by atoms with Crippen molar-refractivity contribution in [2.75, 3.05) is 0 Å². The highest BCUT2D eigenvalue weighted by molar-refractivity contribution is 9.10. The molecule has 0 saturated carbocycles. The van der Waals surface area contributed by atoms with Gasteiger partial charge in [-0.3, -0.25) is 0 Å². The molecule has 1 nitrogen and oxygen atoms in total. The van der Waals surface area contributed by atoms with Crippen LogP contribution < -0.4 is 0 Å². The molecule has 0 saturated heterocycles. The summed E-state index contributed by atoms with van der Waals surface area (Å²) in [6.07, 6.45) is 0.904. The number of halogens is 1. The van der Waals surface area contributed by atoms with E-state index in [1.165, 1.54) is 16.7 Å². The summed E-state index contributed by atoms with van der Waals surface area (Å²) >= 11 is 5.18. The van der Waals surface area contributed by atoms with Gasteiger partial charge in [-0.05, 0) is 24.6 Å². The minimum Gasteiger partial charge on any atom is -0.241 e. The molecule has 0 amide bonds. The molecule has 0 aliphatic heterocycles. The van der Waals surface area contributed by atoms with Crippen molar-refractivity contribution in [1.29, 1.82) is 0 Å². The summed E-state index contributed by atoms with van der Waals surface area (Å²) in [7, 11) is 0. The van der Waals surface area contributed by atoms with Crippen LogP contribution in [0.2, 0.25) is 0 Å². The molecule has 0 aliphatic rings. The number of aryl methyl sites for hydroxylation is 1. The average Bonchev–Trinajstić information content (AvgIpc) is 2.91. The molecular weight excluding hydrogens is 330 g/mol. The number of rotatable bonds is 3. The van der Waals surface area contributed by atoms with Gasteiger partial charge < -0.3 is 0 Å². The molecule has 0 radical (unpaired) electrons. The van der Waals surface area contributed by atoms with E-state index in [4.69, 9.17) is 4.98 Å². The molecule has 0 N–H and O–H groups in total. The molecule has 0 fully saturated rings. The zero-order chi connectivity index (χ0) is 13.9. The van der Waals surface area contributed by atoms with E-state index < -0.39 is 0 Å². The van der Waals surface area contributed by atoms with Crippen LogP contribution in [0.25, 0.3) is 11.3 Å². The Balaban J connectivity index is 1.80. The predicted molar refractivity (Wildman–Crippen MR) is 89.2 cm³/mol. The molecule has 0 spiro atoms. The maximum absolute atomic E-state index is 4.73. The van der Waals surface area contributed by atoms with E-state index in [9.17, 15) is 0 Å². The minimum atomic E-state index is 0.904. The summed E-state index contributed by atoms with van der Waals surface area (Å²) in [6, 6.07) is 16.9. The van der Waals surface area contributed by atoms with Crippen LogP contribution >= 0.6 is 27.3 Å². The minimum absolute atomic E-state index is 0.904. The van der Waals surface area contributed by atoms with E-state index in [0.717, 1.165) is 21.6 Å². The fourth-order valence-electron chi connectivity index (χ4n) is 2.03. The van der Waals surface area contributed by atoms with E-state index in [0.29, 0.717) is 0 Å². The Morgan fingerprint density at radius 1 is 1.00 bits per heavy atom. The maximum atomic E-state index is 4.73. The predicted octanol–water partition coefficient (Wildman–Crippen LogP) is 5.47. The number of hydrogen-bond donors (Lipinski definition) is 0. The second kappa shape index (κ2) is 5.90. The Morgan fingerprint density at radius 2 is 1.70 bits per heavy atom. The largest absolute Gasteiger partial charge is 0.241 e. The van der Waals surface area contributed by atoms with Gasteiger partial charge in [0.25, 0.3) is 0 Å². The Kier molecular flexibility index (Phi) is 3.99. The molecular formula is C17H14BrNS. The van der Waals surface area contributed by atoms with Crippen molar-refractivity contribution in [2.45, 2.75) is 13.3 Å². The summed E-state index contributed by atoms with van der Waals surface area (Å²) in [5.74, 6) is 0. The smallest absolute Gasteiger partial charge is 0.0976 e. The van der Waals surface area contributed by atoms with Crippen LogP contribution in [0.15, 0.2) is 58.4 Å². The lowest BCUT2D eigenvalue weighted by Gasteiger charge is -1.99. The first-order chi connectivity index (χ1) is 9.70. The van der Waals surface area contributed by atoms with Gasteiger partial charge in [-0.25, -0.2) is 4.98 Å². The number of aromatic nitrogens is 1. The third-order valence-corrected chi connectivity index (χ3v) is 4.55. The molecule has 3 aromatic rings. The van der Waals surface area contributed by atoms with Gasteiger partial charge in [0.05, 0.1) is 10.7 Å². The van der Waals surface area contributed by atoms with Gasteiger partial charge in [0.15, 0.2) is 0 Å². The van der Waals surface area contributed by atoms with Gasteiger partial charge >= 0.3 is 0 Å². The zero-order valence-corrected chi connectivity index (χ0v) is 13.5. The topological polar surface area (TPSA) is 12.9 Å². The molecule has 1 aromatic heterocycles. The second-order valence-electron chi connectivity index (χ2n) is 4.80. The fourth-order valence-corrected chi connectivity index (χ4v) is 3.13. The van der Waals surface area contributed by atoms with Gasteiger partial charge in [0, 0.05) is 21.8 Å². The highest BCUT2D eigenvalue weighted by Gasteiger charge is 2.05. The number of benzene rings is 2. The Hall–Kier alpha value is -1.45. The monoisotopic (exact) mass is 343 g/mol. The van der Waals surface area contributed by atoms with Crippen LogP contribution in [0.3, 0.4) is 0 Å². The van der Waals surface area contributed by atoms with Crippen molar-refractivity contribution >= 4 is 27.3 Å². The van der Waals surface area contributed by atoms with Crippen LogP contribution in [0.1, 0.15) is 16.1 Å². The highest BCUT2D eigenvalue weighted by Crippen LogP contribution is 2.24. The molecule has 20 heavy (non-hydrogen) atoms. The lowest BCUT2D eigenvalue weighted by atomic mass is 10.1. The Morgan fingerprint density at radius 3 is 2.40 bits per heavy atom. The van der Waals surface area contributed by atoms with Crippen LogP contribution in [-0.2, 0) is 6.42 Å². The molecule has 0 atom stereocenters. The van der Waals surface area contributed by atoms with E-state index in [1.54, 1.807) is 11.3 Å². The Bertz CT molecular complexity index is 699. The van der Waals surface area contributed by atoms with Gasteiger partial charge in [-0.15, -0.1) is 11.3 Å². The standard InChI is InChI=1S/C17H14BrNS/c1-12-2-4-13(5-3-12)10-17-19-16(11-20-17)14-6-8-15(18)9-7-14/h2-9,11H,10H2,1H3. The molecule has 3 heteroatoms. The van der Waals surface area contributed by atoms with Crippen LogP contribution in [0.5, 0.6) is 0 Å². The first kappa shape index (κ1) is 13.5. The number of thiazole rings is 1. The van der Waals surface area contributed by atoms with Gasteiger partial charge in [-0.2, -0.15) is 0 Å². The lowest BCUT2D eigenvalue weighted by Crippen LogP contribution is -1.87. The summed E-state index contributed by atoms with van der Waals surface area (Å²) in [5.41, 5.74) is 4.83. The molecule has 0 aliphatic carbocycles. The summed E-state index contributed by atoms with van der Waals surface area (Å²) < 4.78 is 1.09. The first-order valence-corrected chi connectivity index (χ1v) is 8.14. The van der Waals surface area contributed by atoms with Crippen molar-refractivity contribution in [2.24, 2.45) is 0 Å².